The van der Waals surface area contributed by atoms with Crippen molar-refractivity contribution in [2.75, 3.05) is 45.9 Å². The number of hydrogen-bond donors (Lipinski definition) is 1. The van der Waals surface area contributed by atoms with E-state index in [-0.39, 0.29) is 12.4 Å². The Balaban J connectivity index is 1.79. The van der Waals surface area contributed by atoms with Crippen LogP contribution in [-0.4, -0.2) is 66.6 Å². The minimum Gasteiger partial charge on any atom is -0.395 e. The SMILES string of the molecule is O=C(CCN1CCCN(CCO)CC1)c1cccc(Cl)c1. The molecule has 0 amide bonds. The highest BCUT2D eigenvalue weighted by Gasteiger charge is 2.15. The highest BCUT2D eigenvalue weighted by molar-refractivity contribution is 6.31. The molecule has 116 valence electrons. The van der Waals surface area contributed by atoms with Crippen LogP contribution in [-0.2, 0) is 0 Å². The Hall–Kier alpha value is -0.940. The number of β-amino-alcohol motifs (C(OH)–C–C–N with tert-alkyl or cyclic N) is 1. The topological polar surface area (TPSA) is 43.8 Å². The molecule has 1 saturated heterocycles. The molecule has 1 aromatic rings. The van der Waals surface area contributed by atoms with Crippen LogP contribution in [0.3, 0.4) is 0 Å². The van der Waals surface area contributed by atoms with Gasteiger partial charge < -0.3 is 10.0 Å². The first-order chi connectivity index (χ1) is 10.2. The lowest BCUT2D eigenvalue weighted by Crippen LogP contribution is -2.33. The molecule has 0 aliphatic carbocycles. The van der Waals surface area contributed by atoms with E-state index < -0.39 is 0 Å². The monoisotopic (exact) mass is 310 g/mol. The third kappa shape index (κ3) is 5.40. The molecule has 1 N–H and O–H groups in total. The summed E-state index contributed by atoms with van der Waals surface area (Å²) in [6, 6.07) is 7.14. The number of nitrogens with zero attached hydrogens (tertiary/aromatic N) is 2. The molecule has 0 saturated carbocycles. The maximum Gasteiger partial charge on any atom is 0.164 e. The van der Waals surface area contributed by atoms with Gasteiger partial charge in [0, 0.05) is 43.2 Å². The highest BCUT2D eigenvalue weighted by Crippen LogP contribution is 2.13. The normalized spacial score (nSPS) is 17.6. The second kappa shape index (κ2) is 8.49. The zero-order valence-electron chi connectivity index (χ0n) is 12.3. The molecule has 1 fully saturated rings. The number of carbonyl (C=O) groups is 1. The van der Waals surface area contributed by atoms with Crippen LogP contribution >= 0.6 is 11.6 Å². The van der Waals surface area contributed by atoms with Crippen LogP contribution in [0.4, 0.5) is 0 Å². The van der Waals surface area contributed by atoms with Crippen molar-refractivity contribution in [2.24, 2.45) is 0 Å². The van der Waals surface area contributed by atoms with Crippen LogP contribution in [0, 0.1) is 0 Å². The van der Waals surface area contributed by atoms with Gasteiger partial charge in [-0.1, -0.05) is 23.7 Å². The van der Waals surface area contributed by atoms with E-state index in [1.807, 2.05) is 12.1 Å². The maximum absolute atomic E-state index is 12.2. The van der Waals surface area contributed by atoms with Crippen LogP contribution in [0.1, 0.15) is 23.2 Å². The van der Waals surface area contributed by atoms with Crippen LogP contribution in [0.5, 0.6) is 0 Å². The van der Waals surface area contributed by atoms with Gasteiger partial charge in [0.1, 0.15) is 0 Å². The van der Waals surface area contributed by atoms with Gasteiger partial charge in [-0.05, 0) is 31.6 Å². The molecule has 1 aliphatic heterocycles. The highest BCUT2D eigenvalue weighted by atomic mass is 35.5. The number of aliphatic hydroxyl groups is 1. The quantitative estimate of drug-likeness (QED) is 0.815. The molecule has 1 aliphatic rings. The van der Waals surface area contributed by atoms with Crippen molar-refractivity contribution in [1.29, 1.82) is 0 Å². The van der Waals surface area contributed by atoms with Crippen molar-refractivity contribution in [1.82, 2.24) is 9.80 Å². The summed E-state index contributed by atoms with van der Waals surface area (Å²) in [6.45, 7) is 5.72. The minimum atomic E-state index is 0.147. The van der Waals surface area contributed by atoms with E-state index in [0.29, 0.717) is 17.0 Å². The summed E-state index contributed by atoms with van der Waals surface area (Å²) in [7, 11) is 0. The fourth-order valence-corrected chi connectivity index (χ4v) is 2.87. The van der Waals surface area contributed by atoms with E-state index >= 15 is 0 Å². The van der Waals surface area contributed by atoms with Crippen LogP contribution in [0.25, 0.3) is 0 Å². The Labute approximate surface area is 131 Å². The van der Waals surface area contributed by atoms with E-state index in [1.165, 1.54) is 0 Å². The van der Waals surface area contributed by atoms with E-state index in [1.54, 1.807) is 12.1 Å². The van der Waals surface area contributed by atoms with Gasteiger partial charge in [0.05, 0.1) is 6.61 Å². The lowest BCUT2D eigenvalue weighted by molar-refractivity contribution is 0.0964. The van der Waals surface area contributed by atoms with E-state index in [9.17, 15) is 4.79 Å². The molecule has 1 aromatic carbocycles. The molecular formula is C16H23ClN2O2. The Morgan fingerprint density at radius 1 is 1.14 bits per heavy atom. The van der Waals surface area contributed by atoms with Gasteiger partial charge in [-0.2, -0.15) is 0 Å². The van der Waals surface area contributed by atoms with Gasteiger partial charge in [-0.25, -0.2) is 0 Å². The number of rotatable bonds is 6. The minimum absolute atomic E-state index is 0.147. The number of hydrogen-bond acceptors (Lipinski definition) is 4. The van der Waals surface area contributed by atoms with E-state index in [4.69, 9.17) is 16.7 Å². The molecule has 2 rings (SSSR count). The number of aliphatic hydroxyl groups excluding tert-OH is 1. The first-order valence-electron chi connectivity index (χ1n) is 7.53. The number of halogens is 1. The summed E-state index contributed by atoms with van der Waals surface area (Å²) in [4.78, 5) is 16.8. The zero-order valence-corrected chi connectivity index (χ0v) is 13.1. The van der Waals surface area contributed by atoms with Crippen molar-refractivity contribution in [2.45, 2.75) is 12.8 Å². The van der Waals surface area contributed by atoms with Crippen molar-refractivity contribution in [3.8, 4) is 0 Å². The largest absolute Gasteiger partial charge is 0.395 e. The molecule has 4 nitrogen and oxygen atoms in total. The van der Waals surface area contributed by atoms with Gasteiger partial charge >= 0.3 is 0 Å². The molecule has 0 bridgehead atoms. The molecule has 5 heteroatoms. The van der Waals surface area contributed by atoms with E-state index in [0.717, 1.165) is 45.7 Å². The number of carbonyl (C=O) groups excluding carboxylic acids is 1. The third-order valence-electron chi connectivity index (χ3n) is 3.90. The molecule has 0 atom stereocenters. The van der Waals surface area contributed by atoms with Crippen LogP contribution in [0.2, 0.25) is 5.02 Å². The van der Waals surface area contributed by atoms with Crippen LogP contribution < -0.4 is 0 Å². The number of benzene rings is 1. The Bertz CT molecular complexity index is 467. The number of ketones is 1. The molecule has 0 radical (unpaired) electrons. The average Bonchev–Trinajstić information content (AvgIpc) is 2.71. The molecule has 21 heavy (non-hydrogen) atoms. The van der Waals surface area contributed by atoms with Gasteiger partial charge in [0.25, 0.3) is 0 Å². The number of Topliss-reactive ketones (excluding diaryl/α,β-unsaturated/α-hetero) is 1. The maximum atomic E-state index is 12.2. The third-order valence-corrected chi connectivity index (χ3v) is 4.13. The summed E-state index contributed by atoms with van der Waals surface area (Å²) in [5, 5.41) is 9.60. The second-order valence-corrected chi connectivity index (χ2v) is 5.88. The summed E-state index contributed by atoms with van der Waals surface area (Å²) in [5.74, 6) is 0.147. The predicted molar refractivity (Wildman–Crippen MR) is 85.0 cm³/mol. The first kappa shape index (κ1) is 16.4. The van der Waals surface area contributed by atoms with Crippen molar-refractivity contribution in [3.63, 3.8) is 0 Å². The smallest absolute Gasteiger partial charge is 0.164 e. The summed E-state index contributed by atoms with van der Waals surface area (Å²) < 4.78 is 0. The van der Waals surface area contributed by atoms with Gasteiger partial charge in [0.2, 0.25) is 0 Å². The Morgan fingerprint density at radius 3 is 2.52 bits per heavy atom. The van der Waals surface area contributed by atoms with E-state index in [2.05, 4.69) is 9.80 Å². The second-order valence-electron chi connectivity index (χ2n) is 5.44. The lowest BCUT2D eigenvalue weighted by atomic mass is 10.1. The van der Waals surface area contributed by atoms with Gasteiger partial charge in [-0.3, -0.25) is 9.69 Å². The van der Waals surface area contributed by atoms with Crippen molar-refractivity contribution < 1.29 is 9.90 Å². The van der Waals surface area contributed by atoms with Gasteiger partial charge in [0.15, 0.2) is 5.78 Å². The molecule has 0 aromatic heterocycles. The fraction of sp³-hybridized carbons (Fsp3) is 0.562. The van der Waals surface area contributed by atoms with Crippen LogP contribution in [0.15, 0.2) is 24.3 Å². The van der Waals surface area contributed by atoms with Crippen molar-refractivity contribution >= 4 is 17.4 Å². The predicted octanol–water partition coefficient (Wildman–Crippen LogP) is 1.91. The summed E-state index contributed by atoms with van der Waals surface area (Å²) in [6.07, 6.45) is 1.62. The zero-order chi connectivity index (χ0) is 15.1. The Morgan fingerprint density at radius 2 is 1.86 bits per heavy atom. The first-order valence-corrected chi connectivity index (χ1v) is 7.91. The lowest BCUT2D eigenvalue weighted by Gasteiger charge is -2.20. The molecule has 0 spiro atoms. The molecule has 1 heterocycles. The standard InChI is InChI=1S/C16H23ClN2O2/c17-15-4-1-3-14(13-15)16(21)5-8-18-6-2-7-19(10-9-18)11-12-20/h1,3-4,13,20H,2,5-12H2. The Kier molecular flexibility index (Phi) is 6.64. The summed E-state index contributed by atoms with van der Waals surface area (Å²) >= 11 is 5.92. The average molecular weight is 311 g/mol. The van der Waals surface area contributed by atoms with Gasteiger partial charge in [-0.15, -0.1) is 0 Å². The fourth-order valence-electron chi connectivity index (χ4n) is 2.68. The molecule has 0 unspecified atom stereocenters. The summed E-state index contributed by atoms with van der Waals surface area (Å²) in [5.41, 5.74) is 0.694. The van der Waals surface area contributed by atoms with Crippen molar-refractivity contribution in [3.05, 3.63) is 34.9 Å². The molecular weight excluding hydrogens is 288 g/mol.